The summed E-state index contributed by atoms with van der Waals surface area (Å²) < 4.78 is 11.3. The van der Waals surface area contributed by atoms with Crippen LogP contribution in [0.2, 0.25) is 0 Å². The van der Waals surface area contributed by atoms with Crippen LogP contribution < -0.4 is 14.8 Å². The Morgan fingerprint density at radius 3 is 2.46 bits per heavy atom. The van der Waals surface area contributed by atoms with Crippen molar-refractivity contribution >= 4 is 5.91 Å². The first-order valence-electron chi connectivity index (χ1n) is 8.43. The minimum Gasteiger partial charge on any atom is -0.486 e. The molecule has 0 saturated heterocycles. The summed E-state index contributed by atoms with van der Waals surface area (Å²) in [5, 5.41) is 3.09. The zero-order valence-corrected chi connectivity index (χ0v) is 14.2. The topological polar surface area (TPSA) is 47.6 Å². The van der Waals surface area contributed by atoms with Gasteiger partial charge in [-0.15, -0.1) is 0 Å². The minimum atomic E-state index is -0.0769. The Kier molecular flexibility index (Phi) is 5.04. The summed E-state index contributed by atoms with van der Waals surface area (Å²) in [7, 11) is 0. The van der Waals surface area contributed by atoms with E-state index in [1.807, 2.05) is 49.4 Å². The third kappa shape index (κ3) is 3.70. The molecule has 3 rings (SSSR count). The first-order chi connectivity index (χ1) is 11.7. The molecule has 0 spiro atoms. The fraction of sp³-hybridized carbons (Fsp3) is 0.350. The molecule has 0 fully saturated rings. The van der Waals surface area contributed by atoms with E-state index in [-0.39, 0.29) is 11.9 Å². The van der Waals surface area contributed by atoms with E-state index in [1.165, 1.54) is 5.56 Å². The Morgan fingerprint density at radius 1 is 1.12 bits per heavy atom. The molecule has 0 aromatic heterocycles. The number of benzene rings is 2. The molecule has 1 aliphatic heterocycles. The van der Waals surface area contributed by atoms with E-state index in [4.69, 9.17) is 9.47 Å². The average Bonchev–Trinajstić information content (AvgIpc) is 2.61. The van der Waals surface area contributed by atoms with Gasteiger partial charge in [0.05, 0.1) is 12.5 Å². The van der Waals surface area contributed by atoms with Crippen molar-refractivity contribution in [2.45, 2.75) is 32.7 Å². The summed E-state index contributed by atoms with van der Waals surface area (Å²) in [6.45, 7) is 5.26. The summed E-state index contributed by atoms with van der Waals surface area (Å²) in [4.78, 5) is 12.3. The highest BCUT2D eigenvalue weighted by atomic mass is 16.6. The highest BCUT2D eigenvalue weighted by Gasteiger charge is 2.19. The largest absolute Gasteiger partial charge is 0.486 e. The molecule has 2 aromatic carbocycles. The SMILES string of the molecule is CCc1cc2c(cc1[C@H](C)NC(=O)Cc1ccccc1)OCCO2. The summed E-state index contributed by atoms with van der Waals surface area (Å²) >= 11 is 0. The molecule has 1 amide bonds. The molecule has 0 radical (unpaired) electrons. The van der Waals surface area contributed by atoms with Crippen LogP contribution in [-0.2, 0) is 17.6 Å². The zero-order chi connectivity index (χ0) is 16.9. The van der Waals surface area contributed by atoms with Gasteiger partial charge in [0, 0.05) is 0 Å². The van der Waals surface area contributed by atoms with Crippen LogP contribution in [0.5, 0.6) is 11.5 Å². The monoisotopic (exact) mass is 325 g/mol. The van der Waals surface area contributed by atoms with Crippen molar-refractivity contribution in [3.63, 3.8) is 0 Å². The van der Waals surface area contributed by atoms with Crippen molar-refractivity contribution in [2.75, 3.05) is 13.2 Å². The summed E-state index contributed by atoms with van der Waals surface area (Å²) in [5.74, 6) is 1.58. The van der Waals surface area contributed by atoms with Gasteiger partial charge >= 0.3 is 0 Å². The average molecular weight is 325 g/mol. The van der Waals surface area contributed by atoms with Gasteiger partial charge in [-0.2, -0.15) is 0 Å². The molecule has 126 valence electrons. The van der Waals surface area contributed by atoms with Gasteiger partial charge in [0.2, 0.25) is 5.91 Å². The number of hydrogen-bond donors (Lipinski definition) is 1. The third-order valence-corrected chi connectivity index (χ3v) is 4.24. The molecule has 0 bridgehead atoms. The van der Waals surface area contributed by atoms with Crippen molar-refractivity contribution in [2.24, 2.45) is 0 Å². The Hall–Kier alpha value is -2.49. The third-order valence-electron chi connectivity index (χ3n) is 4.24. The van der Waals surface area contributed by atoms with Gasteiger partial charge in [0.1, 0.15) is 13.2 Å². The van der Waals surface area contributed by atoms with E-state index in [1.54, 1.807) is 0 Å². The van der Waals surface area contributed by atoms with E-state index in [9.17, 15) is 4.79 Å². The first-order valence-corrected chi connectivity index (χ1v) is 8.43. The number of amides is 1. The summed E-state index contributed by atoms with van der Waals surface area (Å²) in [6.07, 6.45) is 1.27. The van der Waals surface area contributed by atoms with Crippen LogP contribution in [0.1, 0.15) is 36.6 Å². The molecule has 2 aromatic rings. The first kappa shape index (κ1) is 16.4. The van der Waals surface area contributed by atoms with Gasteiger partial charge in [-0.25, -0.2) is 0 Å². The molecule has 1 N–H and O–H groups in total. The maximum absolute atomic E-state index is 12.3. The number of rotatable bonds is 5. The molecule has 1 aliphatic rings. The smallest absolute Gasteiger partial charge is 0.224 e. The Labute approximate surface area is 142 Å². The molecule has 0 unspecified atom stereocenters. The van der Waals surface area contributed by atoms with Crippen LogP contribution in [0.4, 0.5) is 0 Å². The molecular formula is C20H23NO3. The van der Waals surface area contributed by atoms with Crippen LogP contribution in [-0.4, -0.2) is 19.1 Å². The van der Waals surface area contributed by atoms with E-state index >= 15 is 0 Å². The van der Waals surface area contributed by atoms with E-state index < -0.39 is 0 Å². The Balaban J connectivity index is 1.74. The predicted octanol–water partition coefficient (Wildman–Crippen LogP) is 3.44. The Bertz CT molecular complexity index is 712. The molecule has 0 aliphatic carbocycles. The van der Waals surface area contributed by atoms with Crippen LogP contribution in [0.25, 0.3) is 0 Å². The molecule has 1 heterocycles. The van der Waals surface area contributed by atoms with Gasteiger partial charge < -0.3 is 14.8 Å². The number of fused-ring (bicyclic) bond motifs is 1. The van der Waals surface area contributed by atoms with Crippen molar-refractivity contribution in [3.05, 3.63) is 59.2 Å². The number of aryl methyl sites for hydroxylation is 1. The second kappa shape index (κ2) is 7.39. The quantitative estimate of drug-likeness (QED) is 0.916. The fourth-order valence-electron chi connectivity index (χ4n) is 3.01. The molecule has 4 nitrogen and oxygen atoms in total. The van der Waals surface area contributed by atoms with Gasteiger partial charge in [-0.3, -0.25) is 4.79 Å². The number of nitrogens with one attached hydrogen (secondary N) is 1. The zero-order valence-electron chi connectivity index (χ0n) is 14.2. The highest BCUT2D eigenvalue weighted by Crippen LogP contribution is 2.35. The van der Waals surface area contributed by atoms with Crippen molar-refractivity contribution in [3.8, 4) is 11.5 Å². The second-order valence-corrected chi connectivity index (χ2v) is 6.00. The maximum atomic E-state index is 12.3. The van der Waals surface area contributed by atoms with Crippen LogP contribution in [0, 0.1) is 0 Å². The summed E-state index contributed by atoms with van der Waals surface area (Å²) in [6, 6.07) is 13.7. The van der Waals surface area contributed by atoms with Crippen LogP contribution in [0.3, 0.4) is 0 Å². The number of carbonyl (C=O) groups is 1. The van der Waals surface area contributed by atoms with Gasteiger partial charge in [0.25, 0.3) is 0 Å². The van der Waals surface area contributed by atoms with Gasteiger partial charge in [-0.05, 0) is 42.2 Å². The lowest BCUT2D eigenvalue weighted by Gasteiger charge is -2.24. The standard InChI is InChI=1S/C20H23NO3/c1-3-16-12-18-19(24-10-9-23-18)13-17(16)14(2)21-20(22)11-15-7-5-4-6-8-15/h4-8,12-14H,3,9-11H2,1-2H3,(H,21,22)/t14-/m0/s1. The molecular weight excluding hydrogens is 302 g/mol. The lowest BCUT2D eigenvalue weighted by molar-refractivity contribution is -0.121. The molecule has 24 heavy (non-hydrogen) atoms. The highest BCUT2D eigenvalue weighted by molar-refractivity contribution is 5.79. The normalized spacial score (nSPS) is 14.1. The lowest BCUT2D eigenvalue weighted by atomic mass is 9.98. The molecule has 0 saturated carbocycles. The molecule has 1 atom stereocenters. The van der Waals surface area contributed by atoms with E-state index in [2.05, 4.69) is 12.2 Å². The van der Waals surface area contributed by atoms with E-state index in [0.717, 1.165) is 29.0 Å². The van der Waals surface area contributed by atoms with Gasteiger partial charge in [0.15, 0.2) is 11.5 Å². The number of carbonyl (C=O) groups excluding carboxylic acids is 1. The number of ether oxygens (including phenoxy) is 2. The van der Waals surface area contributed by atoms with Crippen LogP contribution >= 0.6 is 0 Å². The van der Waals surface area contributed by atoms with Crippen molar-refractivity contribution in [1.29, 1.82) is 0 Å². The summed E-state index contributed by atoms with van der Waals surface area (Å²) in [5.41, 5.74) is 3.27. The van der Waals surface area contributed by atoms with Crippen molar-refractivity contribution in [1.82, 2.24) is 5.32 Å². The van der Waals surface area contributed by atoms with Crippen LogP contribution in [0.15, 0.2) is 42.5 Å². The second-order valence-electron chi connectivity index (χ2n) is 6.00. The lowest BCUT2D eigenvalue weighted by Crippen LogP contribution is -2.29. The number of hydrogen-bond acceptors (Lipinski definition) is 3. The van der Waals surface area contributed by atoms with Crippen molar-refractivity contribution < 1.29 is 14.3 Å². The minimum absolute atomic E-state index is 0.0191. The maximum Gasteiger partial charge on any atom is 0.224 e. The van der Waals surface area contributed by atoms with E-state index in [0.29, 0.717) is 19.6 Å². The predicted molar refractivity (Wildman–Crippen MR) is 93.5 cm³/mol. The Morgan fingerprint density at radius 2 is 1.79 bits per heavy atom. The fourth-order valence-corrected chi connectivity index (χ4v) is 3.01. The van der Waals surface area contributed by atoms with Gasteiger partial charge in [-0.1, -0.05) is 37.3 Å². The molecule has 4 heteroatoms.